The van der Waals surface area contributed by atoms with Gasteiger partial charge in [0.25, 0.3) is 5.91 Å². The second-order valence-corrected chi connectivity index (χ2v) is 8.35. The van der Waals surface area contributed by atoms with Crippen LogP contribution in [-0.2, 0) is 17.8 Å². The maximum absolute atomic E-state index is 13.0. The molecule has 3 aromatic rings. The highest BCUT2D eigenvalue weighted by molar-refractivity contribution is 6.05. The number of benzene rings is 3. The number of ether oxygens (including phenoxy) is 1. The van der Waals surface area contributed by atoms with Crippen molar-refractivity contribution in [2.24, 2.45) is 0 Å². The summed E-state index contributed by atoms with van der Waals surface area (Å²) in [5.74, 6) is 0.687. The van der Waals surface area contributed by atoms with Gasteiger partial charge in [0.2, 0.25) is 5.91 Å². The second kappa shape index (κ2) is 10.7. The third-order valence-corrected chi connectivity index (χ3v) is 5.98. The molecule has 0 aromatic heterocycles. The molecule has 6 heteroatoms. The molecule has 3 aromatic carbocycles. The van der Waals surface area contributed by atoms with E-state index in [9.17, 15) is 9.59 Å². The lowest BCUT2D eigenvalue weighted by Gasteiger charge is -2.28. The lowest BCUT2D eigenvalue weighted by Crippen LogP contribution is -2.36. The van der Waals surface area contributed by atoms with Crippen molar-refractivity contribution < 1.29 is 14.3 Å². The minimum Gasteiger partial charge on any atom is -0.497 e. The number of carbonyl (C=O) groups is 2. The fourth-order valence-corrected chi connectivity index (χ4v) is 4.00. The van der Waals surface area contributed by atoms with Crippen LogP contribution in [0.5, 0.6) is 5.75 Å². The van der Waals surface area contributed by atoms with Gasteiger partial charge in [0.1, 0.15) is 5.75 Å². The van der Waals surface area contributed by atoms with Gasteiger partial charge in [-0.1, -0.05) is 42.5 Å². The van der Waals surface area contributed by atoms with Crippen molar-refractivity contribution >= 4 is 23.2 Å². The van der Waals surface area contributed by atoms with Crippen molar-refractivity contribution in [3.05, 3.63) is 101 Å². The maximum Gasteiger partial charge on any atom is 0.255 e. The molecule has 0 atom stereocenters. The Morgan fingerprint density at radius 2 is 1.74 bits per heavy atom. The molecule has 4 rings (SSSR count). The zero-order valence-electron chi connectivity index (χ0n) is 19.3. The maximum atomic E-state index is 13.0. The van der Waals surface area contributed by atoms with E-state index in [0.29, 0.717) is 29.9 Å². The van der Waals surface area contributed by atoms with E-state index in [4.69, 9.17) is 10.5 Å². The third kappa shape index (κ3) is 5.64. The van der Waals surface area contributed by atoms with E-state index in [1.807, 2.05) is 59.5 Å². The molecule has 0 spiro atoms. The van der Waals surface area contributed by atoms with Crippen LogP contribution in [0.1, 0.15) is 34.3 Å². The Labute approximate surface area is 200 Å². The highest BCUT2D eigenvalue weighted by Gasteiger charge is 2.23. The number of nitrogens with zero attached hydrogens (tertiary/aromatic N) is 1. The van der Waals surface area contributed by atoms with Crippen molar-refractivity contribution in [2.45, 2.75) is 25.8 Å². The standard InChI is InChI=1S/C28H29N3O3/c1-34-24-16-11-20(12-17-24)8-15-23-5-4-18-31(28(23)33)19-21-9-13-22(14-10-21)27(32)30-26-7-3-2-6-25(26)29/h2-3,6-7,9-17H,4-5,8,18-19,29H2,1H3,(H,30,32)/b23-15+. The monoisotopic (exact) mass is 455 g/mol. The highest BCUT2D eigenvalue weighted by Crippen LogP contribution is 2.22. The van der Waals surface area contributed by atoms with Gasteiger partial charge < -0.3 is 20.7 Å². The first-order valence-electron chi connectivity index (χ1n) is 11.4. The molecule has 0 aliphatic carbocycles. The first kappa shape index (κ1) is 23.1. The number of hydrogen-bond donors (Lipinski definition) is 2. The van der Waals surface area contributed by atoms with Gasteiger partial charge in [0.15, 0.2) is 0 Å². The predicted molar refractivity (Wildman–Crippen MR) is 135 cm³/mol. The first-order chi connectivity index (χ1) is 16.5. The number of carbonyl (C=O) groups excluding carboxylic acids is 2. The Balaban J connectivity index is 1.36. The molecule has 1 saturated heterocycles. The van der Waals surface area contributed by atoms with Crippen LogP contribution < -0.4 is 15.8 Å². The van der Waals surface area contributed by atoms with Crippen LogP contribution in [0.2, 0.25) is 0 Å². The molecule has 1 fully saturated rings. The summed E-state index contributed by atoms with van der Waals surface area (Å²) in [4.78, 5) is 27.4. The lowest BCUT2D eigenvalue weighted by atomic mass is 10.00. The van der Waals surface area contributed by atoms with E-state index in [2.05, 4.69) is 5.32 Å². The van der Waals surface area contributed by atoms with E-state index in [1.165, 1.54) is 0 Å². The fourth-order valence-electron chi connectivity index (χ4n) is 4.00. The van der Waals surface area contributed by atoms with Gasteiger partial charge in [-0.15, -0.1) is 0 Å². The molecule has 1 heterocycles. The molecule has 34 heavy (non-hydrogen) atoms. The number of nitrogens with one attached hydrogen (secondary N) is 1. The Hall–Kier alpha value is -4.06. The van der Waals surface area contributed by atoms with Crippen molar-refractivity contribution in [1.82, 2.24) is 4.90 Å². The summed E-state index contributed by atoms with van der Waals surface area (Å²) in [5.41, 5.74) is 10.5. The molecular weight excluding hydrogens is 426 g/mol. The Bertz CT molecular complexity index is 1180. The molecule has 0 radical (unpaired) electrons. The van der Waals surface area contributed by atoms with Crippen LogP contribution in [-0.4, -0.2) is 30.4 Å². The molecular formula is C28H29N3O3. The summed E-state index contributed by atoms with van der Waals surface area (Å²) in [6.07, 6.45) is 4.50. The van der Waals surface area contributed by atoms with E-state index < -0.39 is 0 Å². The summed E-state index contributed by atoms with van der Waals surface area (Å²) in [7, 11) is 1.65. The minimum atomic E-state index is -0.220. The Kier molecular flexibility index (Phi) is 7.28. The van der Waals surface area contributed by atoms with E-state index in [0.717, 1.165) is 41.8 Å². The van der Waals surface area contributed by atoms with Crippen LogP contribution in [0.4, 0.5) is 11.4 Å². The van der Waals surface area contributed by atoms with Crippen LogP contribution in [0.25, 0.3) is 0 Å². The minimum absolute atomic E-state index is 0.0844. The van der Waals surface area contributed by atoms with Gasteiger partial charge in [-0.25, -0.2) is 0 Å². The quantitative estimate of drug-likeness (QED) is 0.395. The Morgan fingerprint density at radius 3 is 2.44 bits per heavy atom. The summed E-state index contributed by atoms with van der Waals surface area (Å²) in [6, 6.07) is 22.4. The number of methoxy groups -OCH3 is 1. The number of rotatable bonds is 7. The van der Waals surface area contributed by atoms with Gasteiger partial charge in [-0.3, -0.25) is 9.59 Å². The number of likely N-dealkylation sites (tertiary alicyclic amines) is 1. The number of para-hydroxylation sites is 2. The van der Waals surface area contributed by atoms with Crippen LogP contribution in [0, 0.1) is 0 Å². The highest BCUT2D eigenvalue weighted by atomic mass is 16.5. The summed E-state index contributed by atoms with van der Waals surface area (Å²) < 4.78 is 5.20. The molecule has 0 bridgehead atoms. The lowest BCUT2D eigenvalue weighted by molar-refractivity contribution is -0.129. The number of nitrogen functional groups attached to an aromatic ring is 1. The van der Waals surface area contributed by atoms with Gasteiger partial charge in [-0.2, -0.15) is 0 Å². The number of anilines is 2. The molecule has 0 saturated carbocycles. The molecule has 1 aliphatic rings. The summed E-state index contributed by atoms with van der Waals surface area (Å²) in [6.45, 7) is 1.25. The summed E-state index contributed by atoms with van der Waals surface area (Å²) in [5, 5.41) is 2.83. The molecule has 6 nitrogen and oxygen atoms in total. The zero-order valence-corrected chi connectivity index (χ0v) is 19.3. The number of nitrogens with two attached hydrogens (primary N) is 1. The van der Waals surface area contributed by atoms with Crippen LogP contribution in [0.3, 0.4) is 0 Å². The molecule has 174 valence electrons. The molecule has 1 aliphatic heterocycles. The summed E-state index contributed by atoms with van der Waals surface area (Å²) >= 11 is 0. The van der Waals surface area contributed by atoms with Crippen LogP contribution in [0.15, 0.2) is 84.4 Å². The normalized spacial score (nSPS) is 14.8. The SMILES string of the molecule is COc1ccc(C/C=C2\CCCN(Cc3ccc(C(=O)Nc4ccccc4N)cc3)C2=O)cc1. The predicted octanol–water partition coefficient (Wildman–Crippen LogP) is 4.82. The van der Waals surface area contributed by atoms with Gasteiger partial charge in [0, 0.05) is 24.2 Å². The van der Waals surface area contributed by atoms with Crippen molar-refractivity contribution in [1.29, 1.82) is 0 Å². The topological polar surface area (TPSA) is 84.7 Å². The van der Waals surface area contributed by atoms with Gasteiger partial charge in [-0.05, 0) is 66.8 Å². The smallest absolute Gasteiger partial charge is 0.255 e. The van der Waals surface area contributed by atoms with Gasteiger partial charge in [0.05, 0.1) is 18.5 Å². The molecule has 0 unspecified atom stereocenters. The largest absolute Gasteiger partial charge is 0.497 e. The third-order valence-electron chi connectivity index (χ3n) is 5.98. The number of allylic oxidation sites excluding steroid dienone is 1. The van der Waals surface area contributed by atoms with Gasteiger partial charge >= 0.3 is 0 Å². The van der Waals surface area contributed by atoms with E-state index in [-0.39, 0.29) is 11.8 Å². The zero-order chi connectivity index (χ0) is 23.9. The number of piperidine rings is 1. The van der Waals surface area contributed by atoms with Crippen LogP contribution >= 0.6 is 0 Å². The van der Waals surface area contributed by atoms with E-state index in [1.54, 1.807) is 31.4 Å². The average Bonchev–Trinajstić information content (AvgIpc) is 2.86. The molecule has 3 N–H and O–H groups in total. The fraction of sp³-hybridized carbons (Fsp3) is 0.214. The first-order valence-corrected chi connectivity index (χ1v) is 11.4. The molecule has 2 amide bonds. The van der Waals surface area contributed by atoms with E-state index >= 15 is 0 Å². The van der Waals surface area contributed by atoms with Crippen molar-refractivity contribution in [3.8, 4) is 5.75 Å². The Morgan fingerprint density at radius 1 is 1.03 bits per heavy atom. The van der Waals surface area contributed by atoms with Crippen molar-refractivity contribution in [3.63, 3.8) is 0 Å². The number of amides is 2. The second-order valence-electron chi connectivity index (χ2n) is 8.35. The average molecular weight is 456 g/mol. The number of hydrogen-bond acceptors (Lipinski definition) is 4. The van der Waals surface area contributed by atoms with Crippen molar-refractivity contribution in [2.75, 3.05) is 24.7 Å².